The maximum Gasteiger partial charge on any atom is 0.123 e. The number of likely N-dealkylation sites (N-methyl/N-ethyl adjacent to an activating group) is 2. The van der Waals surface area contributed by atoms with Gasteiger partial charge in [-0.25, -0.2) is 0 Å². The predicted octanol–water partition coefficient (Wildman–Crippen LogP) is 6.74. The van der Waals surface area contributed by atoms with E-state index in [0.29, 0.717) is 24.3 Å². The Morgan fingerprint density at radius 3 is 1.20 bits per heavy atom. The van der Waals surface area contributed by atoms with Gasteiger partial charge in [-0.1, -0.05) is 47.5 Å². The van der Waals surface area contributed by atoms with E-state index in [1.807, 2.05) is 113 Å². The first-order valence-corrected chi connectivity index (χ1v) is 17.2. The minimum atomic E-state index is 0. The van der Waals surface area contributed by atoms with E-state index in [-0.39, 0.29) is 5.48 Å². The quantitative estimate of drug-likeness (QED) is 0.125. The van der Waals surface area contributed by atoms with Crippen molar-refractivity contribution in [2.45, 2.75) is 26.2 Å². The third-order valence-electron chi connectivity index (χ3n) is 7.55. The lowest BCUT2D eigenvalue weighted by molar-refractivity contribution is 0.229. The molecule has 0 fully saturated rings. The summed E-state index contributed by atoms with van der Waals surface area (Å²) >= 11 is 12.2. The van der Waals surface area contributed by atoms with Crippen molar-refractivity contribution in [1.82, 2.24) is 19.6 Å². The Balaban J connectivity index is 0.000000347. The van der Waals surface area contributed by atoms with Crippen LogP contribution in [-0.4, -0.2) is 93.7 Å². The topological polar surface area (TPSA) is 110 Å². The molecule has 0 saturated carbocycles. The summed E-state index contributed by atoms with van der Waals surface area (Å²) in [6.07, 6.45) is 0. The van der Waals surface area contributed by atoms with Crippen LogP contribution in [-0.2, 0) is 26.2 Å². The van der Waals surface area contributed by atoms with E-state index in [2.05, 4.69) is 45.8 Å². The maximum atomic E-state index is 8.84. The molecule has 0 aliphatic rings. The molecule has 0 spiro atoms. The lowest BCUT2D eigenvalue weighted by Crippen LogP contribution is -2.24. The van der Waals surface area contributed by atoms with E-state index in [0.717, 1.165) is 71.9 Å². The number of nitriles is 2. The summed E-state index contributed by atoms with van der Waals surface area (Å²) in [4.78, 5) is 8.58. The van der Waals surface area contributed by atoms with Gasteiger partial charge in [0.05, 0.1) is 23.3 Å². The van der Waals surface area contributed by atoms with Crippen LogP contribution in [0.5, 0.6) is 11.5 Å². The molecule has 51 heavy (non-hydrogen) atoms. The van der Waals surface area contributed by atoms with Crippen molar-refractivity contribution >= 4 is 23.2 Å². The van der Waals surface area contributed by atoms with E-state index in [1.165, 1.54) is 11.1 Å². The zero-order valence-electron chi connectivity index (χ0n) is 30.5. The smallest absolute Gasteiger partial charge is 0.123 e. The standard InChI is InChI=1S/2C20H24ClN3O.H2O/c2*1-23(2)15-18-12-19(21)8-9-20(18)25-11-10-24(3)14-17-6-4-16(13-22)5-7-17;/h2*4-9,12H,10-11,14-15H2,1-3H3;1H2. The zero-order valence-corrected chi connectivity index (χ0v) is 32.0. The zero-order chi connectivity index (χ0) is 36.5. The Labute approximate surface area is 314 Å². The van der Waals surface area contributed by atoms with Crippen molar-refractivity contribution in [3.8, 4) is 23.6 Å². The van der Waals surface area contributed by atoms with Gasteiger partial charge in [0.1, 0.15) is 24.7 Å². The number of benzene rings is 4. The van der Waals surface area contributed by atoms with Gasteiger partial charge in [0.25, 0.3) is 0 Å². The monoisotopic (exact) mass is 732 g/mol. The Hall–Kier alpha value is -4.16. The fourth-order valence-electron chi connectivity index (χ4n) is 5.08. The fourth-order valence-corrected chi connectivity index (χ4v) is 5.47. The van der Waals surface area contributed by atoms with Crippen LogP contribution in [0.2, 0.25) is 10.0 Å². The first kappa shape index (κ1) is 43.0. The fraction of sp³-hybridized carbons (Fsp3) is 0.350. The summed E-state index contributed by atoms with van der Waals surface area (Å²) < 4.78 is 11.9. The second-order valence-electron chi connectivity index (χ2n) is 12.8. The highest BCUT2D eigenvalue weighted by Gasteiger charge is 2.09. The number of hydrogen-bond donors (Lipinski definition) is 0. The second-order valence-corrected chi connectivity index (χ2v) is 13.6. The van der Waals surface area contributed by atoms with Gasteiger partial charge in [0, 0.05) is 60.4 Å². The van der Waals surface area contributed by atoms with Crippen molar-refractivity contribution < 1.29 is 14.9 Å². The Kier molecular flexibility index (Phi) is 19.1. The summed E-state index contributed by atoms with van der Waals surface area (Å²) in [5.41, 5.74) is 5.92. The third-order valence-corrected chi connectivity index (χ3v) is 8.02. The molecule has 4 rings (SSSR count). The van der Waals surface area contributed by atoms with Crippen LogP contribution in [0.15, 0.2) is 84.9 Å². The normalized spacial score (nSPS) is 10.7. The molecule has 0 unspecified atom stereocenters. The highest BCUT2D eigenvalue weighted by atomic mass is 35.5. The van der Waals surface area contributed by atoms with Crippen LogP contribution in [0.4, 0.5) is 0 Å². The SMILES string of the molecule is CN(C)Cc1cc(Cl)ccc1OCCN(C)Cc1ccc(C#N)cc1.CN(C)Cc1cc(Cl)ccc1OCCN(C)Cc1ccc(C#N)cc1.O. The van der Waals surface area contributed by atoms with E-state index < -0.39 is 0 Å². The molecule has 0 bridgehead atoms. The van der Waals surface area contributed by atoms with Gasteiger partial charge in [0.2, 0.25) is 0 Å². The number of ether oxygens (including phenoxy) is 2. The molecule has 0 atom stereocenters. The van der Waals surface area contributed by atoms with E-state index >= 15 is 0 Å². The summed E-state index contributed by atoms with van der Waals surface area (Å²) in [6.45, 7) is 6.05. The summed E-state index contributed by atoms with van der Waals surface area (Å²) in [6, 6.07) is 31.1. The summed E-state index contributed by atoms with van der Waals surface area (Å²) in [5.74, 6) is 1.76. The molecule has 11 heteroatoms. The first-order valence-electron chi connectivity index (χ1n) is 16.4. The molecule has 272 valence electrons. The van der Waals surface area contributed by atoms with Crippen LogP contribution < -0.4 is 9.47 Å². The molecule has 0 aromatic heterocycles. The molecular weight excluding hydrogens is 683 g/mol. The van der Waals surface area contributed by atoms with Crippen LogP contribution >= 0.6 is 23.2 Å². The van der Waals surface area contributed by atoms with Crippen molar-refractivity contribution in [2.75, 3.05) is 68.6 Å². The van der Waals surface area contributed by atoms with Gasteiger partial charge in [-0.3, -0.25) is 9.80 Å². The van der Waals surface area contributed by atoms with Crippen molar-refractivity contribution in [2.24, 2.45) is 0 Å². The Morgan fingerprint density at radius 2 is 0.882 bits per heavy atom. The third kappa shape index (κ3) is 16.2. The van der Waals surface area contributed by atoms with Gasteiger partial charge < -0.3 is 24.7 Å². The van der Waals surface area contributed by atoms with E-state index in [1.54, 1.807) is 0 Å². The van der Waals surface area contributed by atoms with Gasteiger partial charge in [-0.05, 0) is 114 Å². The van der Waals surface area contributed by atoms with Gasteiger partial charge >= 0.3 is 0 Å². The molecular formula is C40H50Cl2N6O3. The van der Waals surface area contributed by atoms with Crippen LogP contribution in [0.1, 0.15) is 33.4 Å². The van der Waals surface area contributed by atoms with Crippen LogP contribution in [0.25, 0.3) is 0 Å². The molecule has 2 N–H and O–H groups in total. The van der Waals surface area contributed by atoms with Crippen molar-refractivity contribution in [3.63, 3.8) is 0 Å². The van der Waals surface area contributed by atoms with Gasteiger partial charge in [-0.2, -0.15) is 10.5 Å². The van der Waals surface area contributed by atoms with Crippen molar-refractivity contribution in [3.05, 3.63) is 128 Å². The molecule has 9 nitrogen and oxygen atoms in total. The largest absolute Gasteiger partial charge is 0.492 e. The van der Waals surface area contributed by atoms with Crippen LogP contribution in [0, 0.1) is 22.7 Å². The van der Waals surface area contributed by atoms with Crippen LogP contribution in [0.3, 0.4) is 0 Å². The Bertz CT molecular complexity index is 1580. The molecule has 0 amide bonds. The predicted molar refractivity (Wildman–Crippen MR) is 207 cm³/mol. The minimum Gasteiger partial charge on any atom is -0.492 e. The minimum absolute atomic E-state index is 0. The van der Waals surface area contributed by atoms with Gasteiger partial charge in [-0.15, -0.1) is 0 Å². The number of halogens is 2. The first-order chi connectivity index (χ1) is 23.9. The lowest BCUT2D eigenvalue weighted by atomic mass is 10.1. The molecule has 4 aromatic carbocycles. The lowest BCUT2D eigenvalue weighted by Gasteiger charge is -2.19. The molecule has 0 radical (unpaired) electrons. The molecule has 0 aliphatic heterocycles. The molecule has 4 aromatic rings. The second kappa shape index (κ2) is 22.6. The molecule has 0 aliphatic carbocycles. The Morgan fingerprint density at radius 1 is 0.529 bits per heavy atom. The number of nitrogens with zero attached hydrogens (tertiary/aromatic N) is 6. The van der Waals surface area contributed by atoms with E-state index in [4.69, 9.17) is 43.2 Å². The number of rotatable bonds is 16. The average molecular weight is 734 g/mol. The molecule has 0 saturated heterocycles. The highest BCUT2D eigenvalue weighted by Crippen LogP contribution is 2.25. The van der Waals surface area contributed by atoms with Crippen molar-refractivity contribution in [1.29, 1.82) is 10.5 Å². The number of hydrogen-bond acceptors (Lipinski definition) is 8. The molecule has 0 heterocycles. The summed E-state index contributed by atoms with van der Waals surface area (Å²) in [7, 11) is 12.2. The summed E-state index contributed by atoms with van der Waals surface area (Å²) in [5, 5.41) is 19.1. The average Bonchev–Trinajstić information content (AvgIpc) is 3.07. The maximum absolute atomic E-state index is 8.84. The highest BCUT2D eigenvalue weighted by molar-refractivity contribution is 6.31. The van der Waals surface area contributed by atoms with Gasteiger partial charge in [0.15, 0.2) is 0 Å². The van der Waals surface area contributed by atoms with E-state index in [9.17, 15) is 0 Å².